The summed E-state index contributed by atoms with van der Waals surface area (Å²) in [4.78, 5) is 0. The van der Waals surface area contributed by atoms with Crippen LogP contribution in [0.2, 0.25) is 0 Å². The van der Waals surface area contributed by atoms with Crippen LogP contribution in [0.4, 0.5) is 0 Å². The molecular formula is C12H16O. The quantitative estimate of drug-likeness (QED) is 0.643. The minimum atomic E-state index is 0.922. The van der Waals surface area contributed by atoms with E-state index < -0.39 is 0 Å². The number of methoxy groups -OCH3 is 1. The molecule has 0 aliphatic heterocycles. The second-order valence-electron chi connectivity index (χ2n) is 3.26. The van der Waals surface area contributed by atoms with Gasteiger partial charge in [0.05, 0.1) is 7.11 Å². The van der Waals surface area contributed by atoms with Crippen LogP contribution < -0.4 is 4.74 Å². The SMILES string of the molecule is C=CCc1cc(C)c(OC)c(C)c1. The number of ether oxygens (including phenoxy) is 1. The van der Waals surface area contributed by atoms with Gasteiger partial charge in [-0.3, -0.25) is 0 Å². The number of hydrogen-bond donors (Lipinski definition) is 0. The third-order valence-corrected chi connectivity index (χ3v) is 2.10. The first-order chi connectivity index (χ1) is 6.19. The van der Waals surface area contributed by atoms with E-state index in [0.717, 1.165) is 12.2 Å². The average Bonchev–Trinajstić information content (AvgIpc) is 2.04. The fourth-order valence-corrected chi connectivity index (χ4v) is 1.65. The van der Waals surface area contributed by atoms with Crippen LogP contribution in [0.15, 0.2) is 24.8 Å². The summed E-state index contributed by atoms with van der Waals surface area (Å²) in [5, 5.41) is 0. The lowest BCUT2D eigenvalue weighted by atomic mass is 10.0. The van der Waals surface area contributed by atoms with Gasteiger partial charge in [-0.15, -0.1) is 6.58 Å². The molecule has 1 aromatic carbocycles. The Balaban J connectivity index is 3.12. The first-order valence-electron chi connectivity index (χ1n) is 4.44. The Kier molecular flexibility index (Phi) is 3.13. The van der Waals surface area contributed by atoms with Crippen molar-refractivity contribution in [2.24, 2.45) is 0 Å². The third kappa shape index (κ3) is 2.11. The van der Waals surface area contributed by atoms with Gasteiger partial charge < -0.3 is 4.74 Å². The number of benzene rings is 1. The molecule has 0 saturated heterocycles. The van der Waals surface area contributed by atoms with Crippen molar-refractivity contribution in [3.8, 4) is 5.75 Å². The summed E-state index contributed by atoms with van der Waals surface area (Å²) in [5.74, 6) is 0.993. The van der Waals surface area contributed by atoms with E-state index >= 15 is 0 Å². The lowest BCUT2D eigenvalue weighted by Crippen LogP contribution is -1.93. The number of hydrogen-bond acceptors (Lipinski definition) is 1. The number of rotatable bonds is 3. The van der Waals surface area contributed by atoms with E-state index in [2.05, 4.69) is 32.6 Å². The zero-order valence-corrected chi connectivity index (χ0v) is 8.55. The van der Waals surface area contributed by atoms with E-state index in [1.165, 1.54) is 16.7 Å². The second kappa shape index (κ2) is 4.13. The van der Waals surface area contributed by atoms with Crippen LogP contribution in [-0.4, -0.2) is 7.11 Å². The maximum atomic E-state index is 5.28. The van der Waals surface area contributed by atoms with Crippen molar-refractivity contribution >= 4 is 0 Å². The zero-order valence-electron chi connectivity index (χ0n) is 8.55. The highest BCUT2D eigenvalue weighted by Crippen LogP contribution is 2.24. The normalized spacial score (nSPS) is 9.77. The maximum Gasteiger partial charge on any atom is 0.124 e. The van der Waals surface area contributed by atoms with Crippen LogP contribution in [0, 0.1) is 13.8 Å². The summed E-state index contributed by atoms with van der Waals surface area (Å²) in [5.41, 5.74) is 3.68. The van der Waals surface area contributed by atoms with Gasteiger partial charge in [0.1, 0.15) is 5.75 Å². The van der Waals surface area contributed by atoms with Gasteiger partial charge >= 0.3 is 0 Å². The van der Waals surface area contributed by atoms with E-state index in [0.29, 0.717) is 0 Å². The molecule has 1 nitrogen and oxygen atoms in total. The first kappa shape index (κ1) is 9.85. The maximum absolute atomic E-state index is 5.28. The summed E-state index contributed by atoms with van der Waals surface area (Å²) in [7, 11) is 1.71. The van der Waals surface area contributed by atoms with Crippen molar-refractivity contribution < 1.29 is 4.74 Å². The standard InChI is InChI=1S/C12H16O/c1-5-6-11-7-9(2)12(13-4)10(3)8-11/h5,7-8H,1,6H2,2-4H3. The van der Waals surface area contributed by atoms with Gasteiger partial charge in [0, 0.05) is 0 Å². The van der Waals surface area contributed by atoms with Gasteiger partial charge in [0.2, 0.25) is 0 Å². The van der Waals surface area contributed by atoms with Crippen molar-refractivity contribution in [1.29, 1.82) is 0 Å². The van der Waals surface area contributed by atoms with Gasteiger partial charge in [-0.1, -0.05) is 18.2 Å². The van der Waals surface area contributed by atoms with Crippen molar-refractivity contribution in [3.63, 3.8) is 0 Å². The molecule has 0 amide bonds. The van der Waals surface area contributed by atoms with E-state index in [1.807, 2.05) is 6.08 Å². The molecule has 1 heteroatoms. The number of aryl methyl sites for hydroxylation is 2. The summed E-state index contributed by atoms with van der Waals surface area (Å²) in [6, 6.07) is 4.29. The highest BCUT2D eigenvalue weighted by atomic mass is 16.5. The van der Waals surface area contributed by atoms with Crippen LogP contribution in [0.25, 0.3) is 0 Å². The molecule has 1 rings (SSSR count). The van der Waals surface area contributed by atoms with Gasteiger partial charge in [-0.25, -0.2) is 0 Å². The second-order valence-corrected chi connectivity index (χ2v) is 3.26. The zero-order chi connectivity index (χ0) is 9.84. The molecule has 0 aliphatic carbocycles. The predicted octanol–water partition coefficient (Wildman–Crippen LogP) is 3.04. The fourth-order valence-electron chi connectivity index (χ4n) is 1.65. The van der Waals surface area contributed by atoms with E-state index in [-0.39, 0.29) is 0 Å². The lowest BCUT2D eigenvalue weighted by Gasteiger charge is -2.10. The third-order valence-electron chi connectivity index (χ3n) is 2.10. The van der Waals surface area contributed by atoms with Gasteiger partial charge in [0.25, 0.3) is 0 Å². The molecule has 70 valence electrons. The molecule has 0 fully saturated rings. The van der Waals surface area contributed by atoms with E-state index in [9.17, 15) is 0 Å². The predicted molar refractivity (Wildman–Crippen MR) is 56.4 cm³/mol. The van der Waals surface area contributed by atoms with Crippen molar-refractivity contribution in [2.75, 3.05) is 7.11 Å². The van der Waals surface area contributed by atoms with E-state index in [1.54, 1.807) is 7.11 Å². The Bertz CT molecular complexity index is 290. The summed E-state index contributed by atoms with van der Waals surface area (Å²) in [6.07, 6.45) is 2.84. The largest absolute Gasteiger partial charge is 0.496 e. The highest BCUT2D eigenvalue weighted by molar-refractivity contribution is 5.43. The first-order valence-corrected chi connectivity index (χ1v) is 4.44. The van der Waals surface area contributed by atoms with Crippen LogP contribution in [0.5, 0.6) is 5.75 Å². The number of allylic oxidation sites excluding steroid dienone is 1. The van der Waals surface area contributed by atoms with Crippen LogP contribution in [0.3, 0.4) is 0 Å². The topological polar surface area (TPSA) is 9.23 Å². The molecule has 0 spiro atoms. The van der Waals surface area contributed by atoms with Gasteiger partial charge in [0.15, 0.2) is 0 Å². The average molecular weight is 176 g/mol. The van der Waals surface area contributed by atoms with Crippen LogP contribution >= 0.6 is 0 Å². The summed E-state index contributed by atoms with van der Waals surface area (Å²) >= 11 is 0. The summed E-state index contributed by atoms with van der Waals surface area (Å²) in [6.45, 7) is 7.86. The molecule has 1 aromatic rings. The minimum Gasteiger partial charge on any atom is -0.496 e. The molecule has 0 heterocycles. The molecule has 0 aliphatic rings. The molecule has 0 bridgehead atoms. The van der Waals surface area contributed by atoms with Crippen molar-refractivity contribution in [3.05, 3.63) is 41.5 Å². The fraction of sp³-hybridized carbons (Fsp3) is 0.333. The minimum absolute atomic E-state index is 0.922. The van der Waals surface area contributed by atoms with Crippen molar-refractivity contribution in [1.82, 2.24) is 0 Å². The molecule has 0 radical (unpaired) electrons. The Morgan fingerprint density at radius 1 is 1.31 bits per heavy atom. The molecule has 0 unspecified atom stereocenters. The van der Waals surface area contributed by atoms with Crippen LogP contribution in [-0.2, 0) is 6.42 Å². The molecule has 0 N–H and O–H groups in total. The highest BCUT2D eigenvalue weighted by Gasteiger charge is 2.03. The summed E-state index contributed by atoms with van der Waals surface area (Å²) < 4.78 is 5.28. The Morgan fingerprint density at radius 2 is 1.85 bits per heavy atom. The van der Waals surface area contributed by atoms with Gasteiger partial charge in [-0.2, -0.15) is 0 Å². The lowest BCUT2D eigenvalue weighted by molar-refractivity contribution is 0.408. The molecular weight excluding hydrogens is 160 g/mol. The monoisotopic (exact) mass is 176 g/mol. The van der Waals surface area contributed by atoms with Crippen LogP contribution in [0.1, 0.15) is 16.7 Å². The Hall–Kier alpha value is -1.24. The smallest absolute Gasteiger partial charge is 0.124 e. The van der Waals surface area contributed by atoms with E-state index in [4.69, 9.17) is 4.74 Å². The molecule has 0 saturated carbocycles. The van der Waals surface area contributed by atoms with Crippen molar-refractivity contribution in [2.45, 2.75) is 20.3 Å². The molecule has 13 heavy (non-hydrogen) atoms. The molecule has 0 atom stereocenters. The van der Waals surface area contributed by atoms with Gasteiger partial charge in [-0.05, 0) is 37.0 Å². The Labute approximate surface area is 80.0 Å². The molecule has 0 aromatic heterocycles. The Morgan fingerprint density at radius 3 is 2.23 bits per heavy atom.